The number of non-ortho nitro benzene ring substituents is 1. The van der Waals surface area contributed by atoms with Crippen LogP contribution in [0.15, 0.2) is 41.3 Å². The summed E-state index contributed by atoms with van der Waals surface area (Å²) >= 11 is 7.20. The molecule has 37 heavy (non-hydrogen) atoms. The third-order valence-electron chi connectivity index (χ3n) is 5.96. The van der Waals surface area contributed by atoms with Crippen LogP contribution in [-0.2, 0) is 16.2 Å². The Morgan fingerprint density at radius 2 is 1.86 bits per heavy atom. The number of imide groups is 1. The average Bonchev–Trinajstić information content (AvgIpc) is 3.15. The van der Waals surface area contributed by atoms with Crippen LogP contribution >= 0.6 is 23.4 Å². The molecule has 3 amide bonds. The highest BCUT2D eigenvalue weighted by atomic mass is 35.5. The lowest BCUT2D eigenvalue weighted by Crippen LogP contribution is -2.44. The van der Waals surface area contributed by atoms with Gasteiger partial charge >= 0.3 is 0 Å². The summed E-state index contributed by atoms with van der Waals surface area (Å²) in [6, 6.07) is 9.12. The highest BCUT2D eigenvalue weighted by Crippen LogP contribution is 2.39. The smallest absolute Gasteiger partial charge is 0.294 e. The molecule has 0 saturated carbocycles. The van der Waals surface area contributed by atoms with Crippen molar-refractivity contribution in [2.75, 3.05) is 26.7 Å². The predicted molar refractivity (Wildman–Crippen MR) is 139 cm³/mol. The summed E-state index contributed by atoms with van der Waals surface area (Å²) in [5, 5.41) is 10.5. The Morgan fingerprint density at radius 1 is 1.16 bits per heavy atom. The lowest BCUT2D eigenvalue weighted by Gasteiger charge is -2.27. The minimum atomic E-state index is -0.533. The molecule has 2 fully saturated rings. The van der Waals surface area contributed by atoms with Gasteiger partial charge in [-0.25, -0.2) is 0 Å². The quantitative estimate of drug-likeness (QED) is 0.261. The molecule has 0 aromatic heterocycles. The number of piperidine rings is 1. The van der Waals surface area contributed by atoms with Gasteiger partial charge in [0.25, 0.3) is 16.8 Å². The van der Waals surface area contributed by atoms with E-state index in [4.69, 9.17) is 21.1 Å². The third-order valence-corrected chi connectivity index (χ3v) is 7.14. The molecule has 4 rings (SSSR count). The van der Waals surface area contributed by atoms with Crippen LogP contribution in [0.4, 0.5) is 10.5 Å². The molecule has 12 heteroatoms. The van der Waals surface area contributed by atoms with Gasteiger partial charge in [-0.1, -0.05) is 11.6 Å². The third kappa shape index (κ3) is 6.23. The number of hydrogen-bond acceptors (Lipinski definition) is 8. The standard InChI is InChI=1S/C25H24ClN3O7S/c1-35-20-12-17(11-19(26)23(20)36-15-16-5-7-18(8-6-16)29(33)34)13-21-24(31)28(25(32)37-21)14-22(30)27-9-3-2-4-10-27/h5-8,11-13H,2-4,9-10,14-15H2,1H3/b21-13-. The number of ether oxygens (including phenoxy) is 2. The summed E-state index contributed by atoms with van der Waals surface area (Å²) in [5.41, 5.74) is 1.18. The predicted octanol–water partition coefficient (Wildman–Crippen LogP) is 4.88. The molecular formula is C25H24ClN3O7S. The first kappa shape index (κ1) is 26.5. The Hall–Kier alpha value is -3.57. The molecule has 2 heterocycles. The van der Waals surface area contributed by atoms with E-state index < -0.39 is 16.1 Å². The minimum Gasteiger partial charge on any atom is -0.493 e. The summed E-state index contributed by atoms with van der Waals surface area (Å²) < 4.78 is 11.2. The van der Waals surface area contributed by atoms with Crippen LogP contribution in [0.1, 0.15) is 30.4 Å². The molecule has 0 radical (unpaired) electrons. The molecule has 0 N–H and O–H groups in total. The molecule has 2 aromatic carbocycles. The first-order chi connectivity index (χ1) is 17.8. The topological polar surface area (TPSA) is 119 Å². The summed E-state index contributed by atoms with van der Waals surface area (Å²) in [6.07, 6.45) is 4.43. The van der Waals surface area contributed by atoms with E-state index in [-0.39, 0.29) is 40.4 Å². The van der Waals surface area contributed by atoms with Gasteiger partial charge in [-0.3, -0.25) is 29.4 Å². The molecule has 0 bridgehead atoms. The fraction of sp³-hybridized carbons (Fsp3) is 0.320. The second-order valence-corrected chi connectivity index (χ2v) is 9.86. The van der Waals surface area contributed by atoms with E-state index in [9.17, 15) is 24.5 Å². The van der Waals surface area contributed by atoms with Gasteiger partial charge in [-0.15, -0.1) is 0 Å². The first-order valence-electron chi connectivity index (χ1n) is 11.5. The molecule has 10 nitrogen and oxygen atoms in total. The van der Waals surface area contributed by atoms with Gasteiger partial charge in [0.2, 0.25) is 5.91 Å². The summed E-state index contributed by atoms with van der Waals surface area (Å²) in [5.74, 6) is -0.198. The van der Waals surface area contributed by atoms with Crippen LogP contribution in [0, 0.1) is 10.1 Å². The van der Waals surface area contributed by atoms with E-state index in [2.05, 4.69) is 0 Å². The van der Waals surface area contributed by atoms with Crippen LogP contribution in [0.25, 0.3) is 6.08 Å². The second-order valence-electron chi connectivity index (χ2n) is 8.46. The van der Waals surface area contributed by atoms with Crippen LogP contribution in [-0.4, -0.2) is 58.5 Å². The molecule has 0 spiro atoms. The number of benzene rings is 2. The van der Waals surface area contributed by atoms with Crippen molar-refractivity contribution >= 4 is 52.2 Å². The number of carbonyl (C=O) groups is 3. The molecule has 0 atom stereocenters. The SMILES string of the molecule is COc1cc(/C=C2\SC(=O)N(CC(=O)N3CCCCC3)C2=O)cc(Cl)c1OCc1ccc([N+](=O)[O-])cc1. The monoisotopic (exact) mass is 545 g/mol. The fourth-order valence-electron chi connectivity index (χ4n) is 4.00. The van der Waals surface area contributed by atoms with E-state index in [0.29, 0.717) is 30.0 Å². The number of carbonyl (C=O) groups excluding carboxylic acids is 3. The number of methoxy groups -OCH3 is 1. The molecule has 2 aliphatic heterocycles. The second kappa shape index (κ2) is 11.7. The first-order valence-corrected chi connectivity index (χ1v) is 12.7. The lowest BCUT2D eigenvalue weighted by molar-refractivity contribution is -0.384. The maximum absolute atomic E-state index is 12.9. The molecule has 2 aromatic rings. The number of rotatable bonds is 8. The van der Waals surface area contributed by atoms with Crippen molar-refractivity contribution in [1.29, 1.82) is 0 Å². The summed E-state index contributed by atoms with van der Waals surface area (Å²) in [7, 11) is 1.44. The normalized spacial score (nSPS) is 16.9. The zero-order chi connectivity index (χ0) is 26.5. The number of likely N-dealkylation sites (tertiary alicyclic amines) is 1. The Labute approximate surface area is 222 Å². The molecular weight excluding hydrogens is 522 g/mol. The Kier molecular flexibility index (Phi) is 8.34. The van der Waals surface area contributed by atoms with Gasteiger partial charge in [0, 0.05) is 25.2 Å². The van der Waals surface area contributed by atoms with Crippen molar-refractivity contribution in [1.82, 2.24) is 9.80 Å². The number of nitrogens with zero attached hydrogens (tertiary/aromatic N) is 3. The zero-order valence-corrected chi connectivity index (χ0v) is 21.5. The van der Waals surface area contributed by atoms with Crippen molar-refractivity contribution in [3.8, 4) is 11.5 Å². The number of halogens is 1. The lowest BCUT2D eigenvalue weighted by atomic mass is 10.1. The van der Waals surface area contributed by atoms with Gasteiger partial charge in [-0.05, 0) is 72.5 Å². The molecule has 194 valence electrons. The molecule has 2 saturated heterocycles. The van der Waals surface area contributed by atoms with Gasteiger partial charge in [0.05, 0.1) is 22.0 Å². The number of nitro benzene ring substituents is 1. The van der Waals surface area contributed by atoms with E-state index in [1.165, 1.54) is 25.3 Å². The maximum atomic E-state index is 12.9. The average molecular weight is 546 g/mol. The van der Waals surface area contributed by atoms with Crippen molar-refractivity contribution in [2.24, 2.45) is 0 Å². The van der Waals surface area contributed by atoms with Crippen molar-refractivity contribution < 1.29 is 28.8 Å². The molecule has 2 aliphatic rings. The van der Waals surface area contributed by atoms with Crippen LogP contribution in [0.5, 0.6) is 11.5 Å². The van der Waals surface area contributed by atoms with E-state index in [1.54, 1.807) is 29.2 Å². The maximum Gasteiger partial charge on any atom is 0.294 e. The van der Waals surface area contributed by atoms with Crippen molar-refractivity contribution in [2.45, 2.75) is 25.9 Å². The van der Waals surface area contributed by atoms with Crippen LogP contribution in [0.2, 0.25) is 5.02 Å². The van der Waals surface area contributed by atoms with Gasteiger partial charge in [-0.2, -0.15) is 0 Å². The van der Waals surface area contributed by atoms with E-state index in [0.717, 1.165) is 35.9 Å². The number of amides is 3. The highest BCUT2D eigenvalue weighted by molar-refractivity contribution is 8.18. The number of nitro groups is 1. The molecule has 0 unspecified atom stereocenters. The Morgan fingerprint density at radius 3 is 2.51 bits per heavy atom. The summed E-state index contributed by atoms with van der Waals surface area (Å²) in [4.78, 5) is 51.1. The number of hydrogen-bond donors (Lipinski definition) is 0. The van der Waals surface area contributed by atoms with Crippen LogP contribution < -0.4 is 9.47 Å². The van der Waals surface area contributed by atoms with Crippen molar-refractivity contribution in [3.63, 3.8) is 0 Å². The zero-order valence-electron chi connectivity index (χ0n) is 20.0. The fourth-order valence-corrected chi connectivity index (χ4v) is 5.11. The molecule has 0 aliphatic carbocycles. The van der Waals surface area contributed by atoms with Crippen LogP contribution in [0.3, 0.4) is 0 Å². The van der Waals surface area contributed by atoms with E-state index in [1.807, 2.05) is 0 Å². The van der Waals surface area contributed by atoms with Crippen molar-refractivity contribution in [3.05, 3.63) is 67.6 Å². The largest absolute Gasteiger partial charge is 0.493 e. The van der Waals surface area contributed by atoms with Gasteiger partial charge in [0.1, 0.15) is 13.2 Å². The Balaban J connectivity index is 1.46. The minimum absolute atomic E-state index is 0.0241. The number of thioether (sulfide) groups is 1. The van der Waals surface area contributed by atoms with Gasteiger partial charge < -0.3 is 14.4 Å². The van der Waals surface area contributed by atoms with Gasteiger partial charge in [0.15, 0.2) is 11.5 Å². The van der Waals surface area contributed by atoms with E-state index >= 15 is 0 Å². The highest BCUT2D eigenvalue weighted by Gasteiger charge is 2.37. The Bertz CT molecular complexity index is 1260. The summed E-state index contributed by atoms with van der Waals surface area (Å²) in [6.45, 7) is 1.10.